The van der Waals surface area contributed by atoms with E-state index in [0.717, 1.165) is 40.9 Å². The van der Waals surface area contributed by atoms with Gasteiger partial charge in [0.1, 0.15) is 5.82 Å². The molecule has 0 aromatic carbocycles. The van der Waals surface area contributed by atoms with Crippen molar-refractivity contribution in [2.24, 2.45) is 20.0 Å². The van der Waals surface area contributed by atoms with Gasteiger partial charge in [-0.15, -0.1) is 0 Å². The Morgan fingerprint density at radius 1 is 1.23 bits per heavy atom. The molecule has 8 nitrogen and oxygen atoms in total. The molecule has 1 aromatic rings. The lowest BCUT2D eigenvalue weighted by Gasteiger charge is -2.12. The Morgan fingerprint density at radius 2 is 1.86 bits per heavy atom. The third-order valence-corrected chi connectivity index (χ3v) is 3.83. The zero-order valence-electron chi connectivity index (χ0n) is 12.6. The average Bonchev–Trinajstić information content (AvgIpc) is 3.02. The van der Waals surface area contributed by atoms with E-state index < -0.39 is 23.8 Å². The smallest absolute Gasteiger partial charge is 0.332 e. The number of rotatable bonds is 4. The molecule has 0 aliphatic heterocycles. The quantitative estimate of drug-likeness (QED) is 0.774. The molecule has 0 unspecified atom stereocenters. The van der Waals surface area contributed by atoms with Gasteiger partial charge in [-0.3, -0.25) is 23.5 Å². The van der Waals surface area contributed by atoms with E-state index in [1.807, 2.05) is 0 Å². The summed E-state index contributed by atoms with van der Waals surface area (Å²) in [5, 5.41) is 2.40. The standard InChI is InChI=1S/C14H19N3O5/c1-16-10(7-12(19)17(2)14(16)21)15-11(18)8-22-13(20)9-5-3-4-6-9/h7,9H,3-6,8H2,1-2H3,(H,15,18). The molecule has 2 rings (SSSR count). The summed E-state index contributed by atoms with van der Waals surface area (Å²) in [4.78, 5) is 46.8. The second-order valence-electron chi connectivity index (χ2n) is 5.41. The van der Waals surface area contributed by atoms with Crippen LogP contribution in [0.1, 0.15) is 25.7 Å². The Bertz CT molecular complexity index is 697. The molecular weight excluding hydrogens is 290 g/mol. The summed E-state index contributed by atoms with van der Waals surface area (Å²) >= 11 is 0. The Morgan fingerprint density at radius 3 is 2.50 bits per heavy atom. The van der Waals surface area contributed by atoms with E-state index in [1.54, 1.807) is 0 Å². The molecule has 120 valence electrons. The minimum atomic E-state index is -0.588. The van der Waals surface area contributed by atoms with Crippen LogP contribution in [0.3, 0.4) is 0 Å². The Kier molecular flexibility index (Phi) is 4.79. The number of esters is 1. The van der Waals surface area contributed by atoms with Gasteiger partial charge in [0, 0.05) is 20.2 Å². The number of nitrogens with zero attached hydrogens (tertiary/aromatic N) is 2. The fourth-order valence-corrected chi connectivity index (χ4v) is 2.45. The van der Waals surface area contributed by atoms with Crippen molar-refractivity contribution in [3.05, 3.63) is 26.9 Å². The lowest BCUT2D eigenvalue weighted by atomic mass is 10.1. The highest BCUT2D eigenvalue weighted by Crippen LogP contribution is 2.25. The maximum absolute atomic E-state index is 11.8. The number of carbonyl (C=O) groups is 2. The molecule has 1 heterocycles. The molecule has 1 amide bonds. The van der Waals surface area contributed by atoms with Crippen LogP contribution in [0.5, 0.6) is 0 Å². The number of nitrogens with one attached hydrogen (secondary N) is 1. The SMILES string of the molecule is Cn1c(NC(=O)COC(=O)C2CCCC2)cc(=O)n(C)c1=O. The van der Waals surface area contributed by atoms with Crippen LogP contribution in [0.15, 0.2) is 15.7 Å². The summed E-state index contributed by atoms with van der Waals surface area (Å²) in [6.07, 6.45) is 3.59. The van der Waals surface area contributed by atoms with Crippen molar-refractivity contribution in [2.75, 3.05) is 11.9 Å². The van der Waals surface area contributed by atoms with Gasteiger partial charge in [-0.1, -0.05) is 12.8 Å². The summed E-state index contributed by atoms with van der Waals surface area (Å²) in [6, 6.07) is 1.14. The second kappa shape index (κ2) is 6.59. The van der Waals surface area contributed by atoms with E-state index in [9.17, 15) is 19.2 Å². The molecule has 1 aliphatic carbocycles. The first-order valence-corrected chi connectivity index (χ1v) is 7.13. The fraction of sp³-hybridized carbons (Fsp3) is 0.571. The van der Waals surface area contributed by atoms with Gasteiger partial charge >= 0.3 is 11.7 Å². The first kappa shape index (κ1) is 16.0. The number of amides is 1. The molecule has 0 atom stereocenters. The maximum atomic E-state index is 11.8. The minimum absolute atomic E-state index is 0.0648. The van der Waals surface area contributed by atoms with Gasteiger partial charge in [0.25, 0.3) is 11.5 Å². The molecule has 1 N–H and O–H groups in total. The molecule has 1 aromatic heterocycles. The third-order valence-electron chi connectivity index (χ3n) is 3.83. The van der Waals surface area contributed by atoms with Crippen LogP contribution >= 0.6 is 0 Å². The number of ether oxygens (including phenoxy) is 1. The van der Waals surface area contributed by atoms with Crippen molar-refractivity contribution in [3.8, 4) is 0 Å². The third kappa shape index (κ3) is 3.44. The molecule has 0 radical (unpaired) electrons. The molecule has 0 saturated heterocycles. The van der Waals surface area contributed by atoms with E-state index in [4.69, 9.17) is 4.74 Å². The molecule has 0 bridgehead atoms. The normalized spacial score (nSPS) is 14.8. The number of carbonyl (C=O) groups excluding carboxylic acids is 2. The lowest BCUT2D eigenvalue weighted by Crippen LogP contribution is -2.38. The molecule has 1 aliphatic rings. The van der Waals surface area contributed by atoms with E-state index in [2.05, 4.69) is 5.32 Å². The Labute approximate surface area is 126 Å². The number of hydrogen-bond acceptors (Lipinski definition) is 5. The van der Waals surface area contributed by atoms with Crippen molar-refractivity contribution < 1.29 is 14.3 Å². The molecule has 0 spiro atoms. The number of aromatic nitrogens is 2. The summed E-state index contributed by atoms with van der Waals surface area (Å²) in [5.41, 5.74) is -1.08. The zero-order valence-corrected chi connectivity index (χ0v) is 12.6. The molecule has 22 heavy (non-hydrogen) atoms. The first-order valence-electron chi connectivity index (χ1n) is 7.13. The lowest BCUT2D eigenvalue weighted by molar-refractivity contribution is -0.151. The van der Waals surface area contributed by atoms with Gasteiger partial charge in [0.2, 0.25) is 0 Å². The van der Waals surface area contributed by atoms with Gasteiger partial charge in [0.05, 0.1) is 5.92 Å². The van der Waals surface area contributed by atoms with Crippen molar-refractivity contribution in [3.63, 3.8) is 0 Å². The van der Waals surface area contributed by atoms with Crippen LogP contribution in [0.2, 0.25) is 0 Å². The predicted octanol–water partition coefficient (Wildman–Crippen LogP) is -0.244. The molecule has 1 fully saturated rings. The van der Waals surface area contributed by atoms with Gasteiger partial charge in [-0.2, -0.15) is 0 Å². The largest absolute Gasteiger partial charge is 0.455 e. The Hall–Kier alpha value is -2.38. The molecule has 8 heteroatoms. The van der Waals surface area contributed by atoms with Crippen LogP contribution in [0.25, 0.3) is 0 Å². The summed E-state index contributed by atoms with van der Waals surface area (Å²) in [6.45, 7) is -0.432. The topological polar surface area (TPSA) is 99.4 Å². The Balaban J connectivity index is 1.96. The second-order valence-corrected chi connectivity index (χ2v) is 5.41. The highest BCUT2D eigenvalue weighted by molar-refractivity contribution is 5.92. The van der Waals surface area contributed by atoms with E-state index in [1.165, 1.54) is 14.1 Å². The average molecular weight is 309 g/mol. The summed E-state index contributed by atoms with van der Waals surface area (Å²) < 4.78 is 7.03. The number of anilines is 1. The van der Waals surface area contributed by atoms with Crippen molar-refractivity contribution in [1.82, 2.24) is 9.13 Å². The summed E-state index contributed by atoms with van der Waals surface area (Å²) in [7, 11) is 2.78. The zero-order chi connectivity index (χ0) is 16.3. The highest BCUT2D eigenvalue weighted by atomic mass is 16.5. The van der Waals surface area contributed by atoms with Crippen LogP contribution in [-0.4, -0.2) is 27.6 Å². The van der Waals surface area contributed by atoms with E-state index in [-0.39, 0.29) is 17.7 Å². The monoisotopic (exact) mass is 309 g/mol. The van der Waals surface area contributed by atoms with Crippen molar-refractivity contribution in [2.45, 2.75) is 25.7 Å². The van der Waals surface area contributed by atoms with Gasteiger partial charge in [0.15, 0.2) is 6.61 Å². The maximum Gasteiger partial charge on any atom is 0.332 e. The highest BCUT2D eigenvalue weighted by Gasteiger charge is 2.24. The van der Waals surface area contributed by atoms with Gasteiger partial charge in [-0.25, -0.2) is 4.79 Å². The van der Waals surface area contributed by atoms with Crippen LogP contribution < -0.4 is 16.6 Å². The molecule has 1 saturated carbocycles. The van der Waals surface area contributed by atoms with Crippen LogP contribution in [-0.2, 0) is 28.4 Å². The number of hydrogen-bond donors (Lipinski definition) is 1. The van der Waals surface area contributed by atoms with E-state index in [0.29, 0.717) is 0 Å². The van der Waals surface area contributed by atoms with Crippen molar-refractivity contribution >= 4 is 17.7 Å². The van der Waals surface area contributed by atoms with E-state index >= 15 is 0 Å². The first-order chi connectivity index (χ1) is 10.4. The van der Waals surface area contributed by atoms with Gasteiger partial charge in [-0.05, 0) is 12.8 Å². The fourth-order valence-electron chi connectivity index (χ4n) is 2.45. The summed E-state index contributed by atoms with van der Waals surface area (Å²) in [5.74, 6) is -1.02. The van der Waals surface area contributed by atoms with Crippen molar-refractivity contribution in [1.29, 1.82) is 0 Å². The molecular formula is C14H19N3O5. The van der Waals surface area contributed by atoms with Crippen LogP contribution in [0, 0.1) is 5.92 Å². The predicted molar refractivity (Wildman–Crippen MR) is 78.5 cm³/mol. The van der Waals surface area contributed by atoms with Gasteiger partial charge < -0.3 is 10.1 Å². The minimum Gasteiger partial charge on any atom is -0.455 e. The van der Waals surface area contributed by atoms with Crippen LogP contribution in [0.4, 0.5) is 5.82 Å².